The molecule has 0 saturated carbocycles. The van der Waals surface area contributed by atoms with E-state index >= 15 is 0 Å². The summed E-state index contributed by atoms with van der Waals surface area (Å²) in [6.07, 6.45) is 0.706. The number of hydrogen-bond acceptors (Lipinski definition) is 4. The third-order valence-corrected chi connectivity index (χ3v) is 5.69. The summed E-state index contributed by atoms with van der Waals surface area (Å²) in [7, 11) is 3.22. The number of anilines is 1. The highest BCUT2D eigenvalue weighted by molar-refractivity contribution is 7.80. The quantitative estimate of drug-likeness (QED) is 0.564. The average molecular weight is 463 g/mol. The molecule has 0 fully saturated rings. The SMILES string of the molecule is CCNC(=S)NCC1c2cc(OC)c(OC)cc2CCN1C(=O)Nc1ccc(Cl)cc1. The molecule has 2 amide bonds. The Morgan fingerprint density at radius 2 is 1.84 bits per heavy atom. The van der Waals surface area contributed by atoms with Crippen LogP contribution in [0.3, 0.4) is 0 Å². The van der Waals surface area contributed by atoms with E-state index in [0.29, 0.717) is 46.8 Å². The first-order valence-electron chi connectivity index (χ1n) is 10.1. The Kier molecular flexibility index (Phi) is 7.81. The zero-order valence-electron chi connectivity index (χ0n) is 17.8. The number of amides is 2. The predicted molar refractivity (Wildman–Crippen MR) is 127 cm³/mol. The number of carbonyl (C=O) groups excluding carboxylic acids is 1. The lowest BCUT2D eigenvalue weighted by Gasteiger charge is -2.38. The van der Waals surface area contributed by atoms with Crippen LogP contribution in [-0.2, 0) is 6.42 Å². The number of nitrogens with one attached hydrogen (secondary N) is 3. The standard InChI is InChI=1S/C22H27ClN4O3S/c1-4-24-21(31)25-13-18-17-12-20(30-3)19(29-2)11-14(17)9-10-27(18)22(28)26-16-7-5-15(23)6-8-16/h5-8,11-12,18H,4,9-10,13H2,1-3H3,(H,26,28)(H2,24,25,31). The third kappa shape index (κ3) is 5.51. The highest BCUT2D eigenvalue weighted by atomic mass is 35.5. The minimum atomic E-state index is -0.243. The van der Waals surface area contributed by atoms with Crippen LogP contribution >= 0.6 is 23.8 Å². The molecule has 1 aliphatic rings. The predicted octanol–water partition coefficient (Wildman–Crippen LogP) is 3.97. The topological polar surface area (TPSA) is 74.9 Å². The van der Waals surface area contributed by atoms with Gasteiger partial charge in [0.2, 0.25) is 0 Å². The van der Waals surface area contributed by atoms with Gasteiger partial charge in [-0.2, -0.15) is 0 Å². The summed E-state index contributed by atoms with van der Waals surface area (Å²) in [6.45, 7) is 3.72. The first-order chi connectivity index (χ1) is 15.0. The third-order valence-electron chi connectivity index (χ3n) is 5.15. The molecule has 1 atom stereocenters. The van der Waals surface area contributed by atoms with Crippen molar-refractivity contribution in [3.8, 4) is 11.5 Å². The maximum Gasteiger partial charge on any atom is 0.322 e. The largest absolute Gasteiger partial charge is 0.493 e. The van der Waals surface area contributed by atoms with E-state index in [9.17, 15) is 4.79 Å². The van der Waals surface area contributed by atoms with Gasteiger partial charge < -0.3 is 30.3 Å². The maximum atomic E-state index is 13.2. The van der Waals surface area contributed by atoms with Crippen LogP contribution in [0.5, 0.6) is 11.5 Å². The van der Waals surface area contributed by atoms with Gasteiger partial charge in [-0.3, -0.25) is 0 Å². The smallest absolute Gasteiger partial charge is 0.322 e. The first kappa shape index (κ1) is 23.0. The summed E-state index contributed by atoms with van der Waals surface area (Å²) in [5, 5.41) is 10.4. The van der Waals surface area contributed by atoms with Crippen molar-refractivity contribution >= 4 is 40.6 Å². The van der Waals surface area contributed by atoms with E-state index in [1.165, 1.54) is 0 Å². The Bertz CT molecular complexity index is 939. The van der Waals surface area contributed by atoms with Crippen molar-refractivity contribution < 1.29 is 14.3 Å². The van der Waals surface area contributed by atoms with E-state index in [1.54, 1.807) is 38.5 Å². The number of thiocarbonyl (C=S) groups is 1. The number of halogens is 1. The molecule has 1 heterocycles. The Hall–Kier alpha value is -2.71. The number of urea groups is 1. The monoisotopic (exact) mass is 462 g/mol. The van der Waals surface area contributed by atoms with Gasteiger partial charge in [0.15, 0.2) is 16.6 Å². The minimum Gasteiger partial charge on any atom is -0.493 e. The fourth-order valence-corrected chi connectivity index (χ4v) is 3.99. The molecule has 9 heteroatoms. The van der Waals surface area contributed by atoms with E-state index in [4.69, 9.17) is 33.3 Å². The van der Waals surface area contributed by atoms with Gasteiger partial charge >= 0.3 is 6.03 Å². The normalized spacial score (nSPS) is 15.0. The van der Waals surface area contributed by atoms with Crippen molar-refractivity contribution in [1.82, 2.24) is 15.5 Å². The van der Waals surface area contributed by atoms with Crippen molar-refractivity contribution in [3.63, 3.8) is 0 Å². The van der Waals surface area contributed by atoms with E-state index in [-0.39, 0.29) is 12.1 Å². The second kappa shape index (κ2) is 10.5. The van der Waals surface area contributed by atoms with Crippen LogP contribution in [0.4, 0.5) is 10.5 Å². The van der Waals surface area contributed by atoms with Crippen LogP contribution in [-0.4, -0.2) is 49.9 Å². The molecule has 0 aromatic heterocycles. The zero-order chi connectivity index (χ0) is 22.4. The lowest BCUT2D eigenvalue weighted by molar-refractivity contribution is 0.182. The number of nitrogens with zero attached hydrogens (tertiary/aromatic N) is 1. The van der Waals surface area contributed by atoms with E-state index in [2.05, 4.69) is 16.0 Å². The van der Waals surface area contributed by atoms with Crippen molar-refractivity contribution in [2.24, 2.45) is 0 Å². The van der Waals surface area contributed by atoms with Gasteiger partial charge in [-0.15, -0.1) is 0 Å². The Morgan fingerprint density at radius 3 is 2.48 bits per heavy atom. The molecule has 0 bridgehead atoms. The maximum absolute atomic E-state index is 13.2. The lowest BCUT2D eigenvalue weighted by Crippen LogP contribution is -2.48. The number of methoxy groups -OCH3 is 2. The molecule has 2 aromatic rings. The van der Waals surface area contributed by atoms with Gasteiger partial charge in [0.05, 0.1) is 20.3 Å². The van der Waals surface area contributed by atoms with Crippen LogP contribution in [0.25, 0.3) is 0 Å². The summed E-state index contributed by atoms with van der Waals surface area (Å²) >= 11 is 11.3. The number of fused-ring (bicyclic) bond motifs is 1. The number of ether oxygens (including phenoxy) is 2. The van der Waals surface area contributed by atoms with Gasteiger partial charge in [-0.05, 0) is 73.1 Å². The van der Waals surface area contributed by atoms with Crippen LogP contribution in [0.2, 0.25) is 5.02 Å². The molecule has 3 N–H and O–H groups in total. The van der Waals surface area contributed by atoms with Crippen molar-refractivity contribution in [3.05, 3.63) is 52.5 Å². The molecule has 7 nitrogen and oxygen atoms in total. The summed E-state index contributed by atoms with van der Waals surface area (Å²) in [5.74, 6) is 1.30. The van der Waals surface area contributed by atoms with Gasteiger partial charge in [-0.1, -0.05) is 11.6 Å². The molecule has 3 rings (SSSR count). The molecule has 0 saturated heterocycles. The van der Waals surface area contributed by atoms with Gasteiger partial charge in [0.25, 0.3) is 0 Å². The Morgan fingerprint density at radius 1 is 1.16 bits per heavy atom. The zero-order valence-corrected chi connectivity index (χ0v) is 19.4. The van der Waals surface area contributed by atoms with Gasteiger partial charge in [0.1, 0.15) is 0 Å². The molecule has 1 unspecified atom stereocenters. The van der Waals surface area contributed by atoms with Crippen LogP contribution in [0, 0.1) is 0 Å². The highest BCUT2D eigenvalue weighted by Gasteiger charge is 2.32. The Labute approximate surface area is 193 Å². The molecule has 0 spiro atoms. The van der Waals surface area contributed by atoms with E-state index in [1.807, 2.05) is 24.0 Å². The second-order valence-corrected chi connectivity index (χ2v) is 7.89. The van der Waals surface area contributed by atoms with Crippen LogP contribution < -0.4 is 25.4 Å². The summed E-state index contributed by atoms with van der Waals surface area (Å²) < 4.78 is 11.0. The lowest BCUT2D eigenvalue weighted by atomic mass is 9.92. The summed E-state index contributed by atoms with van der Waals surface area (Å²) in [6, 6.07) is 10.5. The van der Waals surface area contributed by atoms with Crippen LogP contribution in [0.1, 0.15) is 24.1 Å². The fraction of sp³-hybridized carbons (Fsp3) is 0.364. The second-order valence-electron chi connectivity index (χ2n) is 7.04. The van der Waals surface area contributed by atoms with Crippen molar-refractivity contribution in [2.75, 3.05) is 39.2 Å². The summed E-state index contributed by atoms with van der Waals surface area (Å²) in [4.78, 5) is 15.0. The van der Waals surface area contributed by atoms with Gasteiger partial charge in [0, 0.05) is 30.3 Å². The minimum absolute atomic E-state index is 0.191. The van der Waals surface area contributed by atoms with E-state index < -0.39 is 0 Å². The number of hydrogen-bond donors (Lipinski definition) is 3. The molecule has 0 aliphatic carbocycles. The molecular formula is C22H27ClN4O3S. The van der Waals surface area contributed by atoms with Crippen molar-refractivity contribution in [2.45, 2.75) is 19.4 Å². The molecule has 31 heavy (non-hydrogen) atoms. The number of benzene rings is 2. The summed E-state index contributed by atoms with van der Waals surface area (Å²) in [5.41, 5.74) is 2.80. The number of rotatable bonds is 6. The first-order valence-corrected chi connectivity index (χ1v) is 10.8. The molecule has 166 valence electrons. The molecule has 0 radical (unpaired) electrons. The van der Waals surface area contributed by atoms with Crippen LogP contribution in [0.15, 0.2) is 36.4 Å². The molecule has 2 aromatic carbocycles. The van der Waals surface area contributed by atoms with Gasteiger partial charge in [-0.25, -0.2) is 4.79 Å². The van der Waals surface area contributed by atoms with Crippen molar-refractivity contribution in [1.29, 1.82) is 0 Å². The molecular weight excluding hydrogens is 436 g/mol. The van der Waals surface area contributed by atoms with E-state index in [0.717, 1.165) is 17.7 Å². The average Bonchev–Trinajstić information content (AvgIpc) is 2.77. The highest BCUT2D eigenvalue weighted by Crippen LogP contribution is 2.38. The fourth-order valence-electron chi connectivity index (χ4n) is 3.63. The Balaban J connectivity index is 1.89. The molecule has 1 aliphatic heterocycles. The number of carbonyl (C=O) groups is 1.